The number of anilines is 2. The molecule has 0 bridgehead atoms. The second kappa shape index (κ2) is 8.47. The van der Waals surface area contributed by atoms with E-state index in [2.05, 4.69) is 9.44 Å². The first-order chi connectivity index (χ1) is 12.1. The van der Waals surface area contributed by atoms with Crippen molar-refractivity contribution in [1.29, 1.82) is 0 Å². The zero-order chi connectivity index (χ0) is 19.4. The van der Waals surface area contributed by atoms with Gasteiger partial charge in [-0.3, -0.25) is 9.44 Å². The standard InChI is InChI=1S/C16H18Cl2N2O4S2/c1-2-3-8-25(21,22)19-14-4-6-16(7-5-14)26(23,24)20-15-10-12(17)9-13(18)11-15/h4-7,9-11,19-20H,2-3,8H2,1H3. The molecule has 0 aromatic heterocycles. The summed E-state index contributed by atoms with van der Waals surface area (Å²) in [4.78, 5) is -0.0231. The van der Waals surface area contributed by atoms with Gasteiger partial charge >= 0.3 is 0 Å². The summed E-state index contributed by atoms with van der Waals surface area (Å²) in [6.45, 7) is 1.90. The largest absolute Gasteiger partial charge is 0.284 e. The molecule has 0 aliphatic rings. The Morgan fingerprint density at radius 2 is 1.42 bits per heavy atom. The van der Waals surface area contributed by atoms with Gasteiger partial charge in [0.2, 0.25) is 10.0 Å². The lowest BCUT2D eigenvalue weighted by molar-refractivity contribution is 0.597. The summed E-state index contributed by atoms with van der Waals surface area (Å²) >= 11 is 11.7. The minimum atomic E-state index is -3.87. The molecule has 2 aromatic carbocycles. The smallest absolute Gasteiger partial charge is 0.261 e. The monoisotopic (exact) mass is 436 g/mol. The normalized spacial score (nSPS) is 12.0. The molecule has 0 saturated carbocycles. The highest BCUT2D eigenvalue weighted by Crippen LogP contribution is 2.25. The van der Waals surface area contributed by atoms with Crippen LogP contribution < -0.4 is 9.44 Å². The molecule has 2 aromatic rings. The molecular weight excluding hydrogens is 419 g/mol. The average Bonchev–Trinajstić information content (AvgIpc) is 2.51. The molecule has 26 heavy (non-hydrogen) atoms. The molecule has 0 heterocycles. The van der Waals surface area contributed by atoms with Crippen LogP contribution in [0.5, 0.6) is 0 Å². The zero-order valence-electron chi connectivity index (χ0n) is 13.9. The highest BCUT2D eigenvalue weighted by molar-refractivity contribution is 7.93. The van der Waals surface area contributed by atoms with Crippen molar-refractivity contribution >= 4 is 54.6 Å². The van der Waals surface area contributed by atoms with Crippen LogP contribution in [0, 0.1) is 0 Å². The third-order valence-corrected chi connectivity index (χ3v) is 6.53. The van der Waals surface area contributed by atoms with E-state index in [9.17, 15) is 16.8 Å². The summed E-state index contributed by atoms with van der Waals surface area (Å²) in [6, 6.07) is 9.76. The fourth-order valence-corrected chi connectivity index (χ4v) is 4.93. The van der Waals surface area contributed by atoms with Gasteiger partial charge < -0.3 is 0 Å². The maximum absolute atomic E-state index is 12.4. The van der Waals surface area contributed by atoms with Gasteiger partial charge in [-0.1, -0.05) is 36.5 Å². The summed E-state index contributed by atoms with van der Waals surface area (Å²) in [7, 11) is -7.31. The van der Waals surface area contributed by atoms with Crippen LogP contribution in [0.4, 0.5) is 11.4 Å². The van der Waals surface area contributed by atoms with E-state index in [0.29, 0.717) is 22.2 Å². The van der Waals surface area contributed by atoms with Crippen LogP contribution in [-0.4, -0.2) is 22.6 Å². The third kappa shape index (κ3) is 6.05. The highest BCUT2D eigenvalue weighted by atomic mass is 35.5. The average molecular weight is 437 g/mol. The van der Waals surface area contributed by atoms with Crippen molar-refractivity contribution in [2.24, 2.45) is 0 Å². The van der Waals surface area contributed by atoms with E-state index in [1.54, 1.807) is 0 Å². The van der Waals surface area contributed by atoms with Gasteiger partial charge in [-0.2, -0.15) is 0 Å². The predicted molar refractivity (Wildman–Crippen MR) is 106 cm³/mol. The van der Waals surface area contributed by atoms with E-state index in [1.807, 2.05) is 6.92 Å². The van der Waals surface area contributed by atoms with E-state index in [-0.39, 0.29) is 16.3 Å². The number of unbranched alkanes of at least 4 members (excludes halogenated alkanes) is 1. The maximum Gasteiger partial charge on any atom is 0.261 e. The lowest BCUT2D eigenvalue weighted by Crippen LogP contribution is -2.17. The lowest BCUT2D eigenvalue weighted by atomic mass is 10.3. The molecule has 0 amide bonds. The number of nitrogens with one attached hydrogen (secondary N) is 2. The zero-order valence-corrected chi connectivity index (χ0v) is 17.0. The number of sulfonamides is 2. The van der Waals surface area contributed by atoms with Crippen LogP contribution in [-0.2, 0) is 20.0 Å². The number of rotatable bonds is 8. The van der Waals surface area contributed by atoms with Gasteiger partial charge in [-0.15, -0.1) is 0 Å². The van der Waals surface area contributed by atoms with E-state index < -0.39 is 20.0 Å². The SMILES string of the molecule is CCCCS(=O)(=O)Nc1ccc(S(=O)(=O)Nc2cc(Cl)cc(Cl)c2)cc1. The first kappa shape index (κ1) is 20.8. The molecule has 2 N–H and O–H groups in total. The molecule has 142 valence electrons. The van der Waals surface area contributed by atoms with Crippen LogP contribution in [0.2, 0.25) is 10.0 Å². The summed E-state index contributed by atoms with van der Waals surface area (Å²) < 4.78 is 53.4. The minimum absolute atomic E-state index is 0.0145. The molecule has 0 fully saturated rings. The van der Waals surface area contributed by atoms with Crippen LogP contribution in [0.25, 0.3) is 0 Å². The van der Waals surface area contributed by atoms with Gasteiger partial charge in [0.15, 0.2) is 0 Å². The first-order valence-corrected chi connectivity index (χ1v) is 11.6. The van der Waals surface area contributed by atoms with Crippen molar-refractivity contribution in [1.82, 2.24) is 0 Å². The number of hydrogen-bond donors (Lipinski definition) is 2. The summed E-state index contributed by atoms with van der Waals surface area (Å²) in [5.41, 5.74) is 0.526. The number of halogens is 2. The number of benzene rings is 2. The molecule has 0 unspecified atom stereocenters. The van der Waals surface area contributed by atoms with Gasteiger partial charge in [0.05, 0.1) is 16.3 Å². The Kier molecular flexibility index (Phi) is 6.79. The second-order valence-corrected chi connectivity index (χ2v) is 9.96. The summed E-state index contributed by atoms with van der Waals surface area (Å²) in [5, 5.41) is 0.596. The lowest BCUT2D eigenvalue weighted by Gasteiger charge is -2.11. The van der Waals surface area contributed by atoms with Crippen molar-refractivity contribution in [3.8, 4) is 0 Å². The van der Waals surface area contributed by atoms with E-state index >= 15 is 0 Å². The highest BCUT2D eigenvalue weighted by Gasteiger charge is 2.16. The Hall–Kier alpha value is -1.48. The molecule has 0 radical (unpaired) electrons. The number of hydrogen-bond acceptors (Lipinski definition) is 4. The Bertz CT molecular complexity index is 956. The molecule has 0 aliphatic carbocycles. The van der Waals surface area contributed by atoms with Crippen LogP contribution >= 0.6 is 23.2 Å². The van der Waals surface area contributed by atoms with Crippen molar-refractivity contribution in [3.05, 3.63) is 52.5 Å². The van der Waals surface area contributed by atoms with Crippen molar-refractivity contribution in [3.63, 3.8) is 0 Å². The van der Waals surface area contributed by atoms with Gasteiger partial charge in [0.25, 0.3) is 10.0 Å². The quantitative estimate of drug-likeness (QED) is 0.643. The molecule has 0 aliphatic heterocycles. The maximum atomic E-state index is 12.4. The molecule has 2 rings (SSSR count). The molecular formula is C16H18Cl2N2O4S2. The first-order valence-electron chi connectivity index (χ1n) is 7.71. The van der Waals surface area contributed by atoms with Crippen molar-refractivity contribution in [2.75, 3.05) is 15.2 Å². The minimum Gasteiger partial charge on any atom is -0.284 e. The fourth-order valence-electron chi connectivity index (χ4n) is 2.09. The van der Waals surface area contributed by atoms with Gasteiger partial charge in [0.1, 0.15) is 0 Å². The topological polar surface area (TPSA) is 92.3 Å². The van der Waals surface area contributed by atoms with Crippen LogP contribution in [0.1, 0.15) is 19.8 Å². The molecule has 0 spiro atoms. The van der Waals surface area contributed by atoms with Gasteiger partial charge in [-0.25, -0.2) is 16.8 Å². The van der Waals surface area contributed by atoms with Crippen molar-refractivity contribution in [2.45, 2.75) is 24.7 Å². The van der Waals surface area contributed by atoms with E-state index in [0.717, 1.165) is 6.42 Å². The Balaban J connectivity index is 2.16. The molecule has 6 nitrogen and oxygen atoms in total. The van der Waals surface area contributed by atoms with Crippen molar-refractivity contribution < 1.29 is 16.8 Å². The van der Waals surface area contributed by atoms with Gasteiger partial charge in [0, 0.05) is 15.7 Å². The third-order valence-electron chi connectivity index (χ3n) is 3.32. The fraction of sp³-hybridized carbons (Fsp3) is 0.250. The Morgan fingerprint density at radius 3 is 1.96 bits per heavy atom. The van der Waals surface area contributed by atoms with E-state index in [1.165, 1.54) is 42.5 Å². The molecule has 0 saturated heterocycles. The molecule has 10 heteroatoms. The summed E-state index contributed by atoms with van der Waals surface area (Å²) in [6.07, 6.45) is 1.31. The predicted octanol–water partition coefficient (Wildman–Crippen LogP) is 4.34. The molecule has 0 atom stereocenters. The summed E-state index contributed by atoms with van der Waals surface area (Å²) in [5.74, 6) is 0.0145. The second-order valence-electron chi connectivity index (χ2n) is 5.56. The van der Waals surface area contributed by atoms with E-state index in [4.69, 9.17) is 23.2 Å². The Labute approximate surface area is 163 Å². The van der Waals surface area contributed by atoms with Crippen LogP contribution in [0.15, 0.2) is 47.4 Å². The van der Waals surface area contributed by atoms with Gasteiger partial charge in [-0.05, 0) is 48.9 Å². The van der Waals surface area contributed by atoms with Crippen LogP contribution in [0.3, 0.4) is 0 Å². The Morgan fingerprint density at radius 1 is 0.846 bits per heavy atom.